The number of nitrogens with zero attached hydrogens (tertiary/aromatic N) is 2. The highest BCUT2D eigenvalue weighted by molar-refractivity contribution is 6.17. The molecular formula is C11H15ClN2O. The molecule has 0 saturated carbocycles. The van der Waals surface area contributed by atoms with Crippen LogP contribution in [0.4, 0.5) is 5.82 Å². The molecule has 0 N–H and O–H groups in total. The van der Waals surface area contributed by atoms with Crippen molar-refractivity contribution in [3.8, 4) is 0 Å². The van der Waals surface area contributed by atoms with Crippen molar-refractivity contribution in [3.05, 3.63) is 23.9 Å². The highest BCUT2D eigenvalue weighted by Crippen LogP contribution is 2.19. The number of anilines is 1. The molecule has 82 valence electrons. The monoisotopic (exact) mass is 226 g/mol. The highest BCUT2D eigenvalue weighted by Gasteiger charge is 2.22. The minimum Gasteiger partial charge on any atom is -0.380 e. The predicted molar refractivity (Wildman–Crippen MR) is 61.4 cm³/mol. The third-order valence-electron chi connectivity index (χ3n) is 2.77. The van der Waals surface area contributed by atoms with Gasteiger partial charge in [-0.25, -0.2) is 4.98 Å². The maximum atomic E-state index is 5.71. The Morgan fingerprint density at radius 1 is 1.60 bits per heavy atom. The quantitative estimate of drug-likeness (QED) is 0.738. The first-order valence-electron chi connectivity index (χ1n) is 5.12. The van der Waals surface area contributed by atoms with Crippen molar-refractivity contribution in [3.63, 3.8) is 0 Å². The molecule has 4 heteroatoms. The first-order chi connectivity index (χ1) is 7.33. The molecule has 1 saturated heterocycles. The van der Waals surface area contributed by atoms with Crippen LogP contribution in [-0.4, -0.2) is 31.3 Å². The summed E-state index contributed by atoms with van der Waals surface area (Å²) in [5.41, 5.74) is 1.06. The predicted octanol–water partition coefficient (Wildman–Crippen LogP) is 2.05. The Bertz CT molecular complexity index is 315. The van der Waals surface area contributed by atoms with E-state index in [1.165, 1.54) is 0 Å². The number of hydrogen-bond acceptors (Lipinski definition) is 3. The zero-order valence-electron chi connectivity index (χ0n) is 8.82. The normalized spacial score (nSPS) is 20.9. The molecule has 3 nitrogen and oxygen atoms in total. The standard InChI is InChI=1S/C11H15ClN2O/c1-15-10-4-5-14(8-10)11-3-2-9(6-12)7-13-11/h2-3,7,10H,4-6,8H2,1H3. The van der Waals surface area contributed by atoms with E-state index in [1.807, 2.05) is 18.3 Å². The van der Waals surface area contributed by atoms with Gasteiger partial charge in [-0.05, 0) is 18.1 Å². The third-order valence-corrected chi connectivity index (χ3v) is 3.07. The van der Waals surface area contributed by atoms with Crippen LogP contribution >= 0.6 is 11.6 Å². The average Bonchev–Trinajstić information content (AvgIpc) is 2.78. The van der Waals surface area contributed by atoms with Crippen molar-refractivity contribution < 1.29 is 4.74 Å². The van der Waals surface area contributed by atoms with Gasteiger partial charge in [-0.3, -0.25) is 0 Å². The molecule has 0 radical (unpaired) electrons. The molecule has 0 aromatic carbocycles. The second-order valence-corrected chi connectivity index (χ2v) is 4.02. The zero-order valence-corrected chi connectivity index (χ0v) is 9.57. The Labute approximate surface area is 95.0 Å². The molecular weight excluding hydrogens is 212 g/mol. The summed E-state index contributed by atoms with van der Waals surface area (Å²) < 4.78 is 5.32. The van der Waals surface area contributed by atoms with Gasteiger partial charge in [0.1, 0.15) is 5.82 Å². The molecule has 1 aliphatic rings. The van der Waals surface area contributed by atoms with Gasteiger partial charge in [0.05, 0.1) is 6.10 Å². The molecule has 0 amide bonds. The Kier molecular flexibility index (Phi) is 3.44. The van der Waals surface area contributed by atoms with Crippen molar-refractivity contribution in [2.45, 2.75) is 18.4 Å². The second kappa shape index (κ2) is 4.81. The van der Waals surface area contributed by atoms with Crippen LogP contribution in [0.2, 0.25) is 0 Å². The summed E-state index contributed by atoms with van der Waals surface area (Å²) in [6, 6.07) is 4.05. The Hall–Kier alpha value is -0.800. The van der Waals surface area contributed by atoms with E-state index in [0.717, 1.165) is 30.9 Å². The number of hydrogen-bond donors (Lipinski definition) is 0. The van der Waals surface area contributed by atoms with E-state index in [4.69, 9.17) is 16.3 Å². The smallest absolute Gasteiger partial charge is 0.128 e. The van der Waals surface area contributed by atoms with E-state index in [9.17, 15) is 0 Å². The first-order valence-corrected chi connectivity index (χ1v) is 5.65. The summed E-state index contributed by atoms with van der Waals surface area (Å²) >= 11 is 5.71. The van der Waals surface area contributed by atoms with Crippen molar-refractivity contribution in [1.82, 2.24) is 4.98 Å². The molecule has 1 aromatic rings. The van der Waals surface area contributed by atoms with Gasteiger partial charge < -0.3 is 9.64 Å². The number of halogens is 1. The molecule has 2 rings (SSSR count). The maximum Gasteiger partial charge on any atom is 0.128 e. The fourth-order valence-electron chi connectivity index (χ4n) is 1.81. The SMILES string of the molecule is COC1CCN(c2ccc(CCl)cn2)C1. The number of ether oxygens (including phenoxy) is 1. The van der Waals surface area contributed by atoms with E-state index < -0.39 is 0 Å². The molecule has 0 aliphatic carbocycles. The molecule has 1 atom stereocenters. The Balaban J connectivity index is 2.04. The zero-order chi connectivity index (χ0) is 10.7. The third kappa shape index (κ3) is 2.41. The van der Waals surface area contributed by atoms with Gasteiger partial charge in [-0.2, -0.15) is 0 Å². The van der Waals surface area contributed by atoms with Gasteiger partial charge in [-0.1, -0.05) is 6.07 Å². The van der Waals surface area contributed by atoms with Gasteiger partial charge >= 0.3 is 0 Å². The maximum absolute atomic E-state index is 5.71. The number of pyridine rings is 1. The topological polar surface area (TPSA) is 25.4 Å². The molecule has 15 heavy (non-hydrogen) atoms. The van der Waals surface area contributed by atoms with Crippen LogP contribution in [0.15, 0.2) is 18.3 Å². The van der Waals surface area contributed by atoms with Crippen molar-refractivity contribution in [1.29, 1.82) is 0 Å². The fraction of sp³-hybridized carbons (Fsp3) is 0.545. The molecule has 2 heterocycles. The fourth-order valence-corrected chi connectivity index (χ4v) is 1.97. The van der Waals surface area contributed by atoms with Crippen molar-refractivity contribution in [2.75, 3.05) is 25.1 Å². The number of methoxy groups -OCH3 is 1. The first kappa shape index (κ1) is 10.7. The molecule has 1 aromatic heterocycles. The van der Waals surface area contributed by atoms with Crippen LogP contribution in [0.5, 0.6) is 0 Å². The molecule has 1 unspecified atom stereocenters. The van der Waals surface area contributed by atoms with Gasteiger partial charge in [0.15, 0.2) is 0 Å². The van der Waals surface area contributed by atoms with Gasteiger partial charge in [-0.15, -0.1) is 11.6 Å². The van der Waals surface area contributed by atoms with E-state index in [2.05, 4.69) is 9.88 Å². The highest BCUT2D eigenvalue weighted by atomic mass is 35.5. The summed E-state index contributed by atoms with van der Waals surface area (Å²) in [4.78, 5) is 6.63. The molecule has 1 fully saturated rings. The van der Waals surface area contributed by atoms with Gasteiger partial charge in [0.2, 0.25) is 0 Å². The van der Waals surface area contributed by atoms with Crippen molar-refractivity contribution in [2.24, 2.45) is 0 Å². The number of alkyl halides is 1. The largest absolute Gasteiger partial charge is 0.380 e. The number of rotatable bonds is 3. The molecule has 1 aliphatic heterocycles. The summed E-state index contributed by atoms with van der Waals surface area (Å²) in [6.07, 6.45) is 3.26. The van der Waals surface area contributed by atoms with E-state index in [0.29, 0.717) is 12.0 Å². The van der Waals surface area contributed by atoms with Crippen LogP contribution in [-0.2, 0) is 10.6 Å². The molecule has 0 bridgehead atoms. The Morgan fingerprint density at radius 3 is 3.00 bits per heavy atom. The van der Waals surface area contributed by atoms with E-state index >= 15 is 0 Å². The van der Waals surface area contributed by atoms with Crippen LogP contribution in [0.1, 0.15) is 12.0 Å². The lowest BCUT2D eigenvalue weighted by Gasteiger charge is -2.16. The van der Waals surface area contributed by atoms with Gasteiger partial charge in [0, 0.05) is 32.3 Å². The molecule has 0 spiro atoms. The van der Waals surface area contributed by atoms with E-state index in [-0.39, 0.29) is 0 Å². The van der Waals surface area contributed by atoms with Crippen molar-refractivity contribution >= 4 is 17.4 Å². The lowest BCUT2D eigenvalue weighted by molar-refractivity contribution is 0.121. The average molecular weight is 227 g/mol. The van der Waals surface area contributed by atoms with Gasteiger partial charge in [0.25, 0.3) is 0 Å². The van der Waals surface area contributed by atoms with Crippen LogP contribution < -0.4 is 4.90 Å². The summed E-state index contributed by atoms with van der Waals surface area (Å²) in [5.74, 6) is 1.54. The Morgan fingerprint density at radius 2 is 2.47 bits per heavy atom. The number of aromatic nitrogens is 1. The second-order valence-electron chi connectivity index (χ2n) is 3.75. The lowest BCUT2D eigenvalue weighted by Crippen LogP contribution is -2.22. The van der Waals surface area contributed by atoms with E-state index in [1.54, 1.807) is 7.11 Å². The summed E-state index contributed by atoms with van der Waals surface area (Å²) in [5, 5.41) is 0. The minimum absolute atomic E-state index is 0.347. The summed E-state index contributed by atoms with van der Waals surface area (Å²) in [6.45, 7) is 1.95. The van der Waals surface area contributed by atoms with Crippen LogP contribution in [0.25, 0.3) is 0 Å². The minimum atomic E-state index is 0.347. The summed E-state index contributed by atoms with van der Waals surface area (Å²) in [7, 11) is 1.76. The lowest BCUT2D eigenvalue weighted by atomic mass is 10.3. The van der Waals surface area contributed by atoms with Crippen LogP contribution in [0, 0.1) is 0 Å². The van der Waals surface area contributed by atoms with Crippen LogP contribution in [0.3, 0.4) is 0 Å².